The number of carbonyl (C=O) groups excluding carboxylic acids is 1. The molecule has 0 bridgehead atoms. The van der Waals surface area contributed by atoms with Crippen LogP contribution in [0.25, 0.3) is 21.8 Å². The number of sulfonamides is 1. The van der Waals surface area contributed by atoms with Gasteiger partial charge in [-0.2, -0.15) is 0 Å². The molecule has 0 unspecified atom stereocenters. The van der Waals surface area contributed by atoms with Crippen molar-refractivity contribution in [2.24, 2.45) is 0 Å². The molecule has 1 aromatic heterocycles. The summed E-state index contributed by atoms with van der Waals surface area (Å²) in [5.74, 6) is -0.421. The predicted octanol–water partition coefficient (Wildman–Crippen LogP) is 6.27. The number of para-hydroxylation sites is 1. The molecule has 0 radical (unpaired) electrons. The zero-order valence-corrected chi connectivity index (χ0v) is 21.9. The fourth-order valence-electron chi connectivity index (χ4n) is 4.67. The van der Waals surface area contributed by atoms with E-state index in [1.807, 2.05) is 56.3 Å². The molecule has 37 heavy (non-hydrogen) atoms. The standard InChI is InChI=1S/C30H29N3O3S/c1-4-32-28-8-6-5-7-26(28)27-19-23(13-18-29(27)32)31-30(34)20-33(24-14-9-21(2)10-15-24)37(35,36)25-16-11-22(3)12-17-25/h5-19H,4,20H2,1-3H3,(H,31,34). The molecular weight excluding hydrogens is 482 g/mol. The Morgan fingerprint density at radius 2 is 1.43 bits per heavy atom. The van der Waals surface area contributed by atoms with Crippen molar-refractivity contribution >= 4 is 49.1 Å². The minimum Gasteiger partial charge on any atom is -0.341 e. The van der Waals surface area contributed by atoms with Crippen LogP contribution in [0.5, 0.6) is 0 Å². The van der Waals surface area contributed by atoms with Gasteiger partial charge in [0, 0.05) is 34.0 Å². The molecule has 5 aromatic rings. The average Bonchev–Trinajstić information content (AvgIpc) is 3.21. The van der Waals surface area contributed by atoms with Crippen LogP contribution in [0.15, 0.2) is 95.9 Å². The number of benzene rings is 4. The lowest BCUT2D eigenvalue weighted by molar-refractivity contribution is -0.114. The Labute approximate surface area is 217 Å². The van der Waals surface area contributed by atoms with Gasteiger partial charge >= 0.3 is 0 Å². The molecule has 1 amide bonds. The normalized spacial score (nSPS) is 11.6. The Bertz CT molecular complexity index is 1700. The summed E-state index contributed by atoms with van der Waals surface area (Å²) in [7, 11) is -3.97. The summed E-state index contributed by atoms with van der Waals surface area (Å²) >= 11 is 0. The highest BCUT2D eigenvalue weighted by atomic mass is 32.2. The molecule has 7 heteroatoms. The van der Waals surface area contributed by atoms with E-state index in [2.05, 4.69) is 28.9 Å². The first-order valence-corrected chi connectivity index (χ1v) is 13.7. The molecule has 0 atom stereocenters. The highest BCUT2D eigenvalue weighted by Crippen LogP contribution is 2.31. The van der Waals surface area contributed by atoms with Gasteiger partial charge in [-0.05, 0) is 69.3 Å². The number of aryl methyl sites for hydroxylation is 3. The summed E-state index contributed by atoms with van der Waals surface area (Å²) in [5.41, 5.74) is 5.23. The number of fused-ring (bicyclic) bond motifs is 3. The number of carbonyl (C=O) groups is 1. The number of anilines is 2. The van der Waals surface area contributed by atoms with Gasteiger partial charge in [0.05, 0.1) is 10.6 Å². The second kappa shape index (κ2) is 9.75. The minimum absolute atomic E-state index is 0.139. The summed E-state index contributed by atoms with van der Waals surface area (Å²) in [6.45, 7) is 6.42. The molecule has 0 saturated heterocycles. The molecule has 4 aromatic carbocycles. The van der Waals surface area contributed by atoms with Crippen LogP contribution >= 0.6 is 0 Å². The fourth-order valence-corrected chi connectivity index (χ4v) is 6.09. The van der Waals surface area contributed by atoms with Gasteiger partial charge in [-0.3, -0.25) is 9.10 Å². The monoisotopic (exact) mass is 511 g/mol. The van der Waals surface area contributed by atoms with E-state index >= 15 is 0 Å². The lowest BCUT2D eigenvalue weighted by atomic mass is 10.1. The second-order valence-electron chi connectivity index (χ2n) is 9.20. The predicted molar refractivity (Wildman–Crippen MR) is 151 cm³/mol. The van der Waals surface area contributed by atoms with Crippen molar-refractivity contribution in [3.05, 3.63) is 102 Å². The number of aromatic nitrogens is 1. The largest absolute Gasteiger partial charge is 0.341 e. The summed E-state index contributed by atoms with van der Waals surface area (Å²) in [5, 5.41) is 5.07. The number of hydrogen-bond donors (Lipinski definition) is 1. The number of rotatable bonds is 7. The van der Waals surface area contributed by atoms with Crippen molar-refractivity contribution in [1.29, 1.82) is 0 Å². The molecule has 188 valence electrons. The van der Waals surface area contributed by atoms with Gasteiger partial charge in [-0.15, -0.1) is 0 Å². The first kappa shape index (κ1) is 24.6. The van der Waals surface area contributed by atoms with Crippen LogP contribution in [-0.2, 0) is 21.4 Å². The quantitative estimate of drug-likeness (QED) is 0.280. The lowest BCUT2D eigenvalue weighted by Crippen LogP contribution is -2.38. The van der Waals surface area contributed by atoms with Gasteiger partial charge in [0.2, 0.25) is 5.91 Å². The average molecular weight is 512 g/mol. The molecule has 6 nitrogen and oxygen atoms in total. The van der Waals surface area contributed by atoms with Crippen molar-refractivity contribution in [3.63, 3.8) is 0 Å². The van der Waals surface area contributed by atoms with Crippen molar-refractivity contribution in [2.75, 3.05) is 16.2 Å². The molecule has 0 aliphatic heterocycles. The SMILES string of the molecule is CCn1c2ccccc2c2cc(NC(=O)CN(c3ccc(C)cc3)S(=O)(=O)c3ccc(C)cc3)ccc21. The number of nitrogens with zero attached hydrogens (tertiary/aromatic N) is 2. The Kier molecular flexibility index (Phi) is 6.48. The Morgan fingerprint density at radius 1 is 0.811 bits per heavy atom. The maximum absolute atomic E-state index is 13.6. The summed E-state index contributed by atoms with van der Waals surface area (Å²) in [4.78, 5) is 13.4. The van der Waals surface area contributed by atoms with E-state index in [0.29, 0.717) is 11.4 Å². The summed E-state index contributed by atoms with van der Waals surface area (Å²) in [6, 6.07) is 27.7. The maximum atomic E-state index is 13.6. The van der Waals surface area contributed by atoms with Crippen molar-refractivity contribution in [2.45, 2.75) is 32.2 Å². The Balaban J connectivity index is 1.47. The molecule has 0 spiro atoms. The Hall–Kier alpha value is -4.10. The van der Waals surface area contributed by atoms with Gasteiger partial charge in [0.25, 0.3) is 10.0 Å². The molecule has 5 rings (SSSR count). The minimum atomic E-state index is -3.97. The van der Waals surface area contributed by atoms with Crippen LogP contribution in [-0.4, -0.2) is 25.4 Å². The van der Waals surface area contributed by atoms with E-state index in [9.17, 15) is 13.2 Å². The molecular formula is C30H29N3O3S. The van der Waals surface area contributed by atoms with Crippen molar-refractivity contribution in [1.82, 2.24) is 4.57 Å². The highest BCUT2D eigenvalue weighted by molar-refractivity contribution is 7.92. The van der Waals surface area contributed by atoms with Crippen LogP contribution in [0.3, 0.4) is 0 Å². The van der Waals surface area contributed by atoms with E-state index in [1.165, 1.54) is 0 Å². The summed E-state index contributed by atoms with van der Waals surface area (Å²) in [6.07, 6.45) is 0. The molecule has 1 N–H and O–H groups in total. The van der Waals surface area contributed by atoms with Crippen LogP contribution in [0.4, 0.5) is 11.4 Å². The third kappa shape index (κ3) is 4.70. The van der Waals surface area contributed by atoms with Gasteiger partial charge in [-0.25, -0.2) is 8.42 Å². The number of amides is 1. The Morgan fingerprint density at radius 3 is 2.11 bits per heavy atom. The topological polar surface area (TPSA) is 71.4 Å². The smallest absolute Gasteiger partial charge is 0.264 e. The number of nitrogens with one attached hydrogen (secondary N) is 1. The van der Waals surface area contributed by atoms with Gasteiger partial charge < -0.3 is 9.88 Å². The van der Waals surface area contributed by atoms with Crippen LogP contribution in [0.2, 0.25) is 0 Å². The molecule has 0 aliphatic rings. The van der Waals surface area contributed by atoms with Crippen molar-refractivity contribution in [3.8, 4) is 0 Å². The molecule has 0 aliphatic carbocycles. The molecule has 0 fully saturated rings. The van der Waals surface area contributed by atoms with E-state index in [4.69, 9.17) is 0 Å². The van der Waals surface area contributed by atoms with Crippen molar-refractivity contribution < 1.29 is 13.2 Å². The molecule has 0 saturated carbocycles. The van der Waals surface area contributed by atoms with E-state index in [-0.39, 0.29) is 11.4 Å². The van der Waals surface area contributed by atoms with Crippen LogP contribution in [0, 0.1) is 13.8 Å². The van der Waals surface area contributed by atoms with Gasteiger partial charge in [0.15, 0.2) is 0 Å². The summed E-state index contributed by atoms with van der Waals surface area (Å²) < 4.78 is 30.6. The second-order valence-corrected chi connectivity index (χ2v) is 11.1. The molecule has 1 heterocycles. The van der Waals surface area contributed by atoms with Crippen LogP contribution in [0.1, 0.15) is 18.1 Å². The van der Waals surface area contributed by atoms with Gasteiger partial charge in [-0.1, -0.05) is 53.6 Å². The lowest BCUT2D eigenvalue weighted by Gasteiger charge is -2.24. The third-order valence-electron chi connectivity index (χ3n) is 6.59. The first-order chi connectivity index (χ1) is 17.8. The number of hydrogen-bond acceptors (Lipinski definition) is 3. The van der Waals surface area contributed by atoms with Gasteiger partial charge in [0.1, 0.15) is 6.54 Å². The zero-order chi connectivity index (χ0) is 26.2. The van der Waals surface area contributed by atoms with E-state index < -0.39 is 15.9 Å². The maximum Gasteiger partial charge on any atom is 0.264 e. The third-order valence-corrected chi connectivity index (χ3v) is 8.38. The van der Waals surface area contributed by atoms with E-state index in [1.54, 1.807) is 36.4 Å². The highest BCUT2D eigenvalue weighted by Gasteiger charge is 2.27. The van der Waals surface area contributed by atoms with E-state index in [0.717, 1.165) is 43.8 Å². The zero-order valence-electron chi connectivity index (χ0n) is 21.1. The first-order valence-electron chi connectivity index (χ1n) is 12.2. The fraction of sp³-hybridized carbons (Fsp3) is 0.167. The van der Waals surface area contributed by atoms with Crippen LogP contribution < -0.4 is 9.62 Å².